The summed E-state index contributed by atoms with van der Waals surface area (Å²) in [5.41, 5.74) is 3.27. The Morgan fingerprint density at radius 2 is 1.83 bits per heavy atom. The average molecular weight is 513 g/mol. The van der Waals surface area contributed by atoms with E-state index in [-0.39, 0.29) is 29.9 Å². The van der Waals surface area contributed by atoms with Crippen LogP contribution in [0.3, 0.4) is 0 Å². The van der Waals surface area contributed by atoms with Crippen molar-refractivity contribution in [1.82, 2.24) is 30.5 Å². The average Bonchev–Trinajstić information content (AvgIpc) is 3.31. The topological polar surface area (TPSA) is 140 Å². The summed E-state index contributed by atoms with van der Waals surface area (Å²) in [6.45, 7) is 2.70. The molecule has 36 heavy (non-hydrogen) atoms. The number of hydrogen-bond acceptors (Lipinski definition) is 8. The lowest BCUT2D eigenvalue weighted by atomic mass is 9.83. The molecule has 4 rings (SSSR count). The first-order chi connectivity index (χ1) is 17.2. The molecule has 1 aromatic carbocycles. The van der Waals surface area contributed by atoms with E-state index in [0.29, 0.717) is 36.1 Å². The molecule has 1 fully saturated rings. The molecule has 10 nitrogen and oxygen atoms in total. The van der Waals surface area contributed by atoms with E-state index in [1.54, 1.807) is 10.9 Å². The van der Waals surface area contributed by atoms with E-state index in [1.165, 1.54) is 6.26 Å². The zero-order valence-corrected chi connectivity index (χ0v) is 21.4. The van der Waals surface area contributed by atoms with Crippen molar-refractivity contribution in [2.24, 2.45) is 11.8 Å². The summed E-state index contributed by atoms with van der Waals surface area (Å²) in [7, 11) is -2.94. The molecule has 0 saturated heterocycles. The Bertz CT molecular complexity index is 1320. The molecule has 2 heterocycles. The minimum atomic E-state index is -2.94. The molecule has 2 N–H and O–H groups in total. The minimum Gasteiger partial charge on any atom is -0.392 e. The van der Waals surface area contributed by atoms with Gasteiger partial charge in [0.25, 0.3) is 5.91 Å². The predicted molar refractivity (Wildman–Crippen MR) is 134 cm³/mol. The second-order valence-electron chi connectivity index (χ2n) is 9.69. The van der Waals surface area contributed by atoms with Gasteiger partial charge in [0.2, 0.25) is 5.82 Å². The number of aliphatic hydroxyl groups excluding tert-OH is 1. The molecule has 192 valence electrons. The Hall–Kier alpha value is -3.18. The molecule has 0 spiro atoms. The Morgan fingerprint density at radius 1 is 1.11 bits per heavy atom. The maximum absolute atomic E-state index is 12.8. The number of aromatic nitrogens is 5. The highest BCUT2D eigenvalue weighted by Gasteiger charge is 2.25. The van der Waals surface area contributed by atoms with Crippen molar-refractivity contribution >= 4 is 15.7 Å². The summed E-state index contributed by atoms with van der Waals surface area (Å²) >= 11 is 0. The van der Waals surface area contributed by atoms with Crippen LogP contribution in [0.1, 0.15) is 53.0 Å². The third-order valence-corrected chi connectivity index (χ3v) is 7.53. The molecule has 1 amide bonds. The first kappa shape index (κ1) is 25.9. The van der Waals surface area contributed by atoms with Gasteiger partial charge in [0.15, 0.2) is 0 Å². The van der Waals surface area contributed by atoms with Gasteiger partial charge in [-0.3, -0.25) is 4.79 Å². The smallest absolute Gasteiger partial charge is 0.270 e. The van der Waals surface area contributed by atoms with Gasteiger partial charge in [-0.25, -0.2) is 13.4 Å². The number of benzene rings is 1. The van der Waals surface area contributed by atoms with Crippen LogP contribution in [0.2, 0.25) is 0 Å². The number of pyridine rings is 1. The number of aliphatic hydroxyl groups is 1. The highest BCUT2D eigenvalue weighted by Crippen LogP contribution is 2.30. The van der Waals surface area contributed by atoms with Gasteiger partial charge in [-0.15, -0.1) is 10.2 Å². The van der Waals surface area contributed by atoms with Gasteiger partial charge in [-0.1, -0.05) is 24.3 Å². The van der Waals surface area contributed by atoms with E-state index in [1.807, 2.05) is 37.3 Å². The fourth-order valence-corrected chi connectivity index (χ4v) is 5.89. The Labute approximate surface area is 211 Å². The third-order valence-electron chi connectivity index (χ3n) is 6.45. The van der Waals surface area contributed by atoms with Crippen LogP contribution in [0, 0.1) is 18.8 Å². The van der Waals surface area contributed by atoms with Crippen LogP contribution in [0.4, 0.5) is 0 Å². The fourth-order valence-electron chi connectivity index (χ4n) is 4.70. The van der Waals surface area contributed by atoms with E-state index < -0.39 is 9.84 Å². The summed E-state index contributed by atoms with van der Waals surface area (Å²) in [4.78, 5) is 18.7. The zero-order valence-electron chi connectivity index (χ0n) is 20.6. The Morgan fingerprint density at radius 3 is 2.56 bits per heavy atom. The number of tetrazole rings is 1. The van der Waals surface area contributed by atoms with Gasteiger partial charge in [-0.05, 0) is 72.9 Å². The molecule has 1 aliphatic rings. The van der Waals surface area contributed by atoms with Crippen LogP contribution in [0.15, 0.2) is 36.4 Å². The van der Waals surface area contributed by atoms with Crippen LogP contribution in [-0.4, -0.2) is 56.6 Å². The normalized spacial score (nSPS) is 18.2. The second kappa shape index (κ2) is 11.3. The number of nitrogens with zero attached hydrogens (tertiary/aromatic N) is 5. The van der Waals surface area contributed by atoms with Gasteiger partial charge in [0, 0.05) is 24.1 Å². The quantitative estimate of drug-likeness (QED) is 0.445. The van der Waals surface area contributed by atoms with Gasteiger partial charge in [-0.2, -0.15) is 4.80 Å². The molecule has 0 atom stereocenters. The maximum atomic E-state index is 12.8. The van der Waals surface area contributed by atoms with Gasteiger partial charge in [0.05, 0.1) is 18.9 Å². The molecular formula is C25H32N6O4S. The van der Waals surface area contributed by atoms with Crippen molar-refractivity contribution in [3.8, 4) is 11.4 Å². The van der Waals surface area contributed by atoms with Gasteiger partial charge in [0.1, 0.15) is 15.5 Å². The minimum absolute atomic E-state index is 0.0529. The van der Waals surface area contributed by atoms with E-state index in [4.69, 9.17) is 0 Å². The summed E-state index contributed by atoms with van der Waals surface area (Å²) in [5, 5.41) is 25.1. The number of hydrogen-bond donors (Lipinski definition) is 2. The molecule has 2 aromatic heterocycles. The van der Waals surface area contributed by atoms with Gasteiger partial charge >= 0.3 is 0 Å². The van der Waals surface area contributed by atoms with Crippen LogP contribution < -0.4 is 5.32 Å². The van der Waals surface area contributed by atoms with E-state index in [9.17, 15) is 18.3 Å². The second-order valence-corrected chi connectivity index (χ2v) is 11.9. The molecule has 1 aliphatic carbocycles. The molecule has 11 heteroatoms. The largest absolute Gasteiger partial charge is 0.392 e. The SMILES string of the molecule is Cc1cc(-c2nnn(C[C@H]3CC[C@H](CS(C)(=O)=O)CC3)n2)cc(C(=O)NCc2cccc(CO)c2)n1. The maximum Gasteiger partial charge on any atom is 0.270 e. The number of sulfone groups is 1. The lowest BCUT2D eigenvalue weighted by molar-refractivity contribution is 0.0945. The standard InChI is InChI=1S/C25H32N6O4S/c1-17-10-22(12-23(27-17)25(33)26-13-20-4-3-5-21(11-20)15-32)24-28-30-31(29-24)14-18-6-8-19(9-7-18)16-36(2,34)35/h3-5,10-12,18-19,32H,6-9,13-16H2,1-2H3,(H,26,33)/t18-,19-. The molecule has 0 aliphatic heterocycles. The number of carbonyl (C=O) groups excluding carboxylic acids is 1. The summed E-state index contributed by atoms with van der Waals surface area (Å²) in [6.07, 6.45) is 4.97. The molecule has 1 saturated carbocycles. The predicted octanol–water partition coefficient (Wildman–Crippen LogP) is 2.32. The summed E-state index contributed by atoms with van der Waals surface area (Å²) in [6, 6.07) is 10.9. The van der Waals surface area contributed by atoms with Crippen molar-refractivity contribution in [3.63, 3.8) is 0 Å². The summed E-state index contributed by atoms with van der Waals surface area (Å²) < 4.78 is 23.1. The number of nitrogens with one attached hydrogen (secondary N) is 1. The van der Waals surface area contributed by atoms with Crippen molar-refractivity contribution in [1.29, 1.82) is 0 Å². The van der Waals surface area contributed by atoms with E-state index in [0.717, 1.165) is 36.8 Å². The first-order valence-corrected chi connectivity index (χ1v) is 14.2. The molecule has 0 unspecified atom stereocenters. The van der Waals surface area contributed by atoms with Crippen LogP contribution in [0.25, 0.3) is 11.4 Å². The molecule has 0 radical (unpaired) electrons. The van der Waals surface area contributed by atoms with Crippen molar-refractivity contribution in [3.05, 3.63) is 58.9 Å². The molecule has 3 aromatic rings. The number of carbonyl (C=O) groups is 1. The zero-order chi connectivity index (χ0) is 25.7. The van der Waals surface area contributed by atoms with E-state index >= 15 is 0 Å². The highest BCUT2D eigenvalue weighted by atomic mass is 32.2. The number of rotatable bonds is 9. The Balaban J connectivity index is 1.37. The van der Waals surface area contributed by atoms with Crippen molar-refractivity contribution in [2.75, 3.05) is 12.0 Å². The Kier molecular flexibility index (Phi) is 8.10. The summed E-state index contributed by atoms with van der Waals surface area (Å²) in [5.74, 6) is 0.993. The van der Waals surface area contributed by atoms with Crippen LogP contribution >= 0.6 is 0 Å². The van der Waals surface area contributed by atoms with Gasteiger partial charge < -0.3 is 10.4 Å². The number of amides is 1. The molecule has 0 bridgehead atoms. The van der Waals surface area contributed by atoms with E-state index in [2.05, 4.69) is 25.7 Å². The third kappa shape index (κ3) is 7.17. The lowest BCUT2D eigenvalue weighted by Gasteiger charge is -2.27. The lowest BCUT2D eigenvalue weighted by Crippen LogP contribution is -2.24. The van der Waals surface area contributed by atoms with Crippen molar-refractivity contribution in [2.45, 2.75) is 52.3 Å². The fraction of sp³-hybridized carbons (Fsp3) is 0.480. The van der Waals surface area contributed by atoms with Crippen LogP contribution in [0.5, 0.6) is 0 Å². The molecular weight excluding hydrogens is 480 g/mol. The first-order valence-electron chi connectivity index (χ1n) is 12.1. The van der Waals surface area contributed by atoms with Crippen LogP contribution in [-0.2, 0) is 29.5 Å². The van der Waals surface area contributed by atoms with Crippen molar-refractivity contribution < 1.29 is 18.3 Å². The highest BCUT2D eigenvalue weighted by molar-refractivity contribution is 7.90. The number of aryl methyl sites for hydroxylation is 1. The monoisotopic (exact) mass is 512 g/mol.